The van der Waals surface area contributed by atoms with Gasteiger partial charge in [-0.3, -0.25) is 4.57 Å². The molecule has 2 aliphatic heterocycles. The zero-order valence-corrected chi connectivity index (χ0v) is 19.9. The molecule has 0 amide bonds. The Bertz CT molecular complexity index is 1540. The maximum Gasteiger partial charge on any atom is 0.164 e. The summed E-state index contributed by atoms with van der Waals surface area (Å²) in [5.41, 5.74) is 7.91. The predicted octanol–water partition coefficient (Wildman–Crippen LogP) is 6.93. The molecule has 2 aromatic carbocycles. The second-order valence-electron chi connectivity index (χ2n) is 9.91. The van der Waals surface area contributed by atoms with E-state index in [1.54, 1.807) is 0 Å². The van der Waals surface area contributed by atoms with Crippen molar-refractivity contribution in [2.75, 3.05) is 4.90 Å². The molecule has 0 spiro atoms. The summed E-state index contributed by atoms with van der Waals surface area (Å²) in [6.07, 6.45) is 22.6. The van der Waals surface area contributed by atoms with Crippen LogP contribution in [-0.4, -0.2) is 22.8 Å². The Kier molecular flexibility index (Phi) is 4.27. The van der Waals surface area contributed by atoms with Crippen LogP contribution in [0.5, 0.6) is 11.5 Å². The van der Waals surface area contributed by atoms with Crippen molar-refractivity contribution >= 4 is 23.2 Å². The molecule has 36 heavy (non-hydrogen) atoms. The Hall–Kier alpha value is -4.18. The Morgan fingerprint density at radius 3 is 2.50 bits per heavy atom. The first kappa shape index (κ1) is 20.1. The van der Waals surface area contributed by atoms with Gasteiger partial charge in [0.25, 0.3) is 0 Å². The summed E-state index contributed by atoms with van der Waals surface area (Å²) in [4.78, 5) is 2.52. The fourth-order valence-electron chi connectivity index (χ4n) is 6.31. The number of ether oxygens (including phenoxy) is 2. The Morgan fingerprint density at radius 2 is 1.64 bits per heavy atom. The van der Waals surface area contributed by atoms with Gasteiger partial charge in [0.2, 0.25) is 0 Å². The van der Waals surface area contributed by atoms with Crippen LogP contribution in [0.15, 0.2) is 97.1 Å². The molecule has 3 aromatic rings. The lowest BCUT2D eigenvalue weighted by molar-refractivity contribution is 0.0756. The fourth-order valence-corrected chi connectivity index (χ4v) is 6.31. The van der Waals surface area contributed by atoms with E-state index in [1.165, 1.54) is 33.9 Å². The van der Waals surface area contributed by atoms with Crippen molar-refractivity contribution < 1.29 is 9.47 Å². The number of benzene rings is 2. The minimum absolute atomic E-state index is 0.0708. The zero-order valence-electron chi connectivity index (χ0n) is 19.9. The van der Waals surface area contributed by atoms with Gasteiger partial charge in [-0.15, -0.1) is 0 Å². The van der Waals surface area contributed by atoms with Crippen LogP contribution in [-0.2, 0) is 6.42 Å². The molecular formula is C32H26N2O2. The van der Waals surface area contributed by atoms with Crippen molar-refractivity contribution in [1.29, 1.82) is 0 Å². The molecule has 3 heterocycles. The molecule has 4 nitrogen and oxygen atoms in total. The van der Waals surface area contributed by atoms with Crippen molar-refractivity contribution in [2.45, 2.75) is 37.5 Å². The quantitative estimate of drug-likeness (QED) is 0.406. The number of fused-ring (bicyclic) bond motifs is 7. The minimum Gasteiger partial charge on any atom is -0.478 e. The van der Waals surface area contributed by atoms with Gasteiger partial charge in [0.1, 0.15) is 5.82 Å². The van der Waals surface area contributed by atoms with E-state index >= 15 is 0 Å². The molecule has 0 bridgehead atoms. The normalized spacial score (nSPS) is 24.2. The molecule has 3 unspecified atom stereocenters. The van der Waals surface area contributed by atoms with E-state index in [4.69, 9.17) is 9.47 Å². The molecule has 0 saturated carbocycles. The lowest BCUT2D eigenvalue weighted by atomic mass is 9.91. The van der Waals surface area contributed by atoms with Gasteiger partial charge in [0.15, 0.2) is 23.7 Å². The van der Waals surface area contributed by atoms with Gasteiger partial charge in [0, 0.05) is 23.0 Å². The summed E-state index contributed by atoms with van der Waals surface area (Å²) >= 11 is 0. The number of nitrogens with zero attached hydrogens (tertiary/aromatic N) is 2. The van der Waals surface area contributed by atoms with Crippen LogP contribution < -0.4 is 14.4 Å². The smallest absolute Gasteiger partial charge is 0.164 e. The van der Waals surface area contributed by atoms with Crippen molar-refractivity contribution in [3.05, 3.63) is 114 Å². The summed E-state index contributed by atoms with van der Waals surface area (Å²) in [7, 11) is 0. The first-order valence-corrected chi connectivity index (χ1v) is 12.8. The summed E-state index contributed by atoms with van der Waals surface area (Å²) in [6.45, 7) is 0. The summed E-state index contributed by atoms with van der Waals surface area (Å²) in [5, 5.41) is 0. The van der Waals surface area contributed by atoms with E-state index in [9.17, 15) is 0 Å². The van der Waals surface area contributed by atoms with Crippen molar-refractivity contribution in [3.63, 3.8) is 0 Å². The van der Waals surface area contributed by atoms with Crippen molar-refractivity contribution in [2.24, 2.45) is 0 Å². The molecule has 0 saturated heterocycles. The SMILES string of the molecule is C1=CCC2C(=C1)c1c3c(n(-c4ccccc4)c1N2c1ccc2c(c1)OC1C=CC=CC1O2)C=CCC3. The summed E-state index contributed by atoms with van der Waals surface area (Å²) in [5.74, 6) is 2.87. The van der Waals surface area contributed by atoms with Crippen LogP contribution in [0.2, 0.25) is 0 Å². The first-order valence-electron chi connectivity index (χ1n) is 12.8. The molecule has 1 aromatic heterocycles. The lowest BCUT2D eigenvalue weighted by Gasteiger charge is -2.34. The van der Waals surface area contributed by atoms with Crippen LogP contribution in [0.25, 0.3) is 17.3 Å². The van der Waals surface area contributed by atoms with Crippen LogP contribution in [0.3, 0.4) is 0 Å². The number of para-hydroxylation sites is 1. The van der Waals surface area contributed by atoms with E-state index in [0.717, 1.165) is 36.4 Å². The first-order chi connectivity index (χ1) is 17.9. The molecule has 0 fully saturated rings. The van der Waals surface area contributed by atoms with Gasteiger partial charge in [0.05, 0.1) is 11.7 Å². The molecule has 0 N–H and O–H groups in total. The highest BCUT2D eigenvalue weighted by atomic mass is 16.6. The highest BCUT2D eigenvalue weighted by Crippen LogP contribution is 2.54. The van der Waals surface area contributed by atoms with Gasteiger partial charge in [-0.05, 0) is 72.9 Å². The van der Waals surface area contributed by atoms with Crippen LogP contribution in [0.1, 0.15) is 29.7 Å². The minimum atomic E-state index is -0.0920. The zero-order chi connectivity index (χ0) is 23.6. The standard InChI is InChI=1S/C32H26N2O2/c1-2-10-21(11-3-1)33-25-14-6-4-12-23(25)31-24-13-5-7-15-26(24)34(32(31)33)22-18-19-29-30(20-22)36-28-17-9-8-16-27(28)35-29/h1-3,5-11,13-14,16-20,26-28H,4,12,15H2. The molecular weight excluding hydrogens is 444 g/mol. The van der Waals surface area contributed by atoms with Gasteiger partial charge in [-0.2, -0.15) is 0 Å². The summed E-state index contributed by atoms with van der Waals surface area (Å²) in [6, 6.07) is 17.4. The number of hydrogen-bond acceptors (Lipinski definition) is 3. The predicted molar refractivity (Wildman–Crippen MR) is 144 cm³/mol. The van der Waals surface area contributed by atoms with Crippen LogP contribution in [0, 0.1) is 0 Å². The third kappa shape index (κ3) is 2.81. The molecule has 5 aliphatic rings. The van der Waals surface area contributed by atoms with Crippen molar-refractivity contribution in [1.82, 2.24) is 4.57 Å². The van der Waals surface area contributed by atoms with Gasteiger partial charge in [-0.25, -0.2) is 0 Å². The second-order valence-corrected chi connectivity index (χ2v) is 9.91. The third-order valence-electron chi connectivity index (χ3n) is 7.87. The maximum absolute atomic E-state index is 6.42. The number of rotatable bonds is 2. The van der Waals surface area contributed by atoms with Crippen LogP contribution >= 0.6 is 0 Å². The molecule has 176 valence electrons. The number of hydrogen-bond donors (Lipinski definition) is 0. The number of anilines is 2. The average Bonchev–Trinajstić information content (AvgIpc) is 3.45. The largest absolute Gasteiger partial charge is 0.478 e. The van der Waals surface area contributed by atoms with E-state index in [0.29, 0.717) is 0 Å². The Balaban J connectivity index is 1.33. The van der Waals surface area contributed by atoms with Crippen LogP contribution in [0.4, 0.5) is 11.5 Å². The van der Waals surface area contributed by atoms with Gasteiger partial charge in [-0.1, -0.05) is 54.7 Å². The monoisotopic (exact) mass is 470 g/mol. The second kappa shape index (κ2) is 7.66. The summed E-state index contributed by atoms with van der Waals surface area (Å²) < 4.78 is 15.1. The van der Waals surface area contributed by atoms with Gasteiger partial charge < -0.3 is 14.4 Å². The highest BCUT2D eigenvalue weighted by molar-refractivity contribution is 5.97. The van der Waals surface area contributed by atoms with Gasteiger partial charge >= 0.3 is 0 Å². The Labute approximate surface area is 210 Å². The van der Waals surface area contributed by atoms with E-state index in [1.807, 2.05) is 12.2 Å². The Morgan fingerprint density at radius 1 is 0.806 bits per heavy atom. The molecule has 4 heteroatoms. The van der Waals surface area contributed by atoms with E-state index in [-0.39, 0.29) is 18.2 Å². The number of allylic oxidation sites excluding steroid dienone is 5. The molecule has 3 aliphatic carbocycles. The van der Waals surface area contributed by atoms with E-state index in [2.05, 4.69) is 101 Å². The highest BCUT2D eigenvalue weighted by Gasteiger charge is 2.42. The third-order valence-corrected chi connectivity index (χ3v) is 7.87. The molecule has 0 radical (unpaired) electrons. The fraction of sp³-hybridized carbons (Fsp3) is 0.188. The molecule has 3 atom stereocenters. The maximum atomic E-state index is 6.42. The lowest BCUT2D eigenvalue weighted by Crippen LogP contribution is -2.38. The number of aromatic nitrogens is 1. The molecule has 8 rings (SSSR count). The average molecular weight is 471 g/mol. The topological polar surface area (TPSA) is 26.6 Å². The van der Waals surface area contributed by atoms with Crippen molar-refractivity contribution in [3.8, 4) is 17.2 Å². The van der Waals surface area contributed by atoms with E-state index < -0.39 is 0 Å².